The highest BCUT2D eigenvalue weighted by atomic mass is 16.7. The molecule has 82 heavy (non-hydrogen) atoms. The summed E-state index contributed by atoms with van der Waals surface area (Å²) in [5.74, 6) is -0.168. The molecule has 1 amide bonds. The molecule has 486 valence electrons. The van der Waals surface area contributed by atoms with E-state index in [9.17, 15) is 30.3 Å². The summed E-state index contributed by atoms with van der Waals surface area (Å²) in [6.45, 7) is 3.84. The van der Waals surface area contributed by atoms with Crippen molar-refractivity contribution >= 4 is 5.91 Å². The number of amides is 1. The van der Waals surface area contributed by atoms with Crippen LogP contribution in [0.3, 0.4) is 0 Å². The SMILES string of the molecule is CCCCCCCCCC/C=C\CCCCCCCCCCCCCCCCCCCCCCCCCC(=O)NC(COC1OC(CO)C(O)C(O)C1O)C(O)/C=C/CCCCCCCCCCCCCCCCCCCCCCCC. The molecule has 0 bridgehead atoms. The van der Waals surface area contributed by atoms with Gasteiger partial charge in [0.05, 0.1) is 25.4 Å². The molecule has 1 aliphatic heterocycles. The van der Waals surface area contributed by atoms with Crippen molar-refractivity contribution in [2.24, 2.45) is 0 Å². The lowest BCUT2D eigenvalue weighted by molar-refractivity contribution is -0.302. The van der Waals surface area contributed by atoms with Crippen molar-refractivity contribution in [3.8, 4) is 0 Å². The maximum Gasteiger partial charge on any atom is 0.220 e. The number of hydrogen-bond acceptors (Lipinski definition) is 8. The third-order valence-electron chi connectivity index (χ3n) is 17.8. The van der Waals surface area contributed by atoms with Gasteiger partial charge in [0.1, 0.15) is 24.4 Å². The van der Waals surface area contributed by atoms with E-state index < -0.39 is 49.5 Å². The molecule has 1 saturated heterocycles. The quantitative estimate of drug-likeness (QED) is 0.0261. The van der Waals surface area contributed by atoms with Crippen molar-refractivity contribution in [2.45, 2.75) is 423 Å². The number of rotatable bonds is 65. The van der Waals surface area contributed by atoms with Crippen molar-refractivity contribution in [1.82, 2.24) is 5.32 Å². The Morgan fingerprint density at radius 2 is 0.683 bits per heavy atom. The Kier molecular flexibility index (Phi) is 60.2. The summed E-state index contributed by atoms with van der Waals surface area (Å²) in [4.78, 5) is 13.1. The zero-order valence-corrected chi connectivity index (χ0v) is 54.5. The molecule has 0 aromatic heterocycles. The number of allylic oxidation sites excluding steroid dienone is 3. The van der Waals surface area contributed by atoms with Crippen LogP contribution >= 0.6 is 0 Å². The monoisotopic (exact) mass is 1160 g/mol. The average Bonchev–Trinajstić information content (AvgIpc) is 3.52. The fourth-order valence-corrected chi connectivity index (χ4v) is 12.0. The Labute approximate surface area is 509 Å². The fourth-order valence-electron chi connectivity index (χ4n) is 12.0. The van der Waals surface area contributed by atoms with Crippen LogP contribution in [0.5, 0.6) is 0 Å². The maximum atomic E-state index is 13.1. The molecule has 0 spiro atoms. The first-order valence-corrected chi connectivity index (χ1v) is 36.6. The number of aliphatic hydroxyl groups is 5. The largest absolute Gasteiger partial charge is 0.394 e. The van der Waals surface area contributed by atoms with Gasteiger partial charge in [0.25, 0.3) is 0 Å². The number of nitrogens with one attached hydrogen (secondary N) is 1. The van der Waals surface area contributed by atoms with Gasteiger partial charge in [0.2, 0.25) is 5.91 Å². The second-order valence-electron chi connectivity index (χ2n) is 25.7. The first-order chi connectivity index (χ1) is 40.3. The number of aliphatic hydroxyl groups excluding tert-OH is 5. The van der Waals surface area contributed by atoms with E-state index in [2.05, 4.69) is 31.3 Å². The standard InChI is InChI=1S/C73H141NO8/c1-3-5-7-9-11-13-15-17-19-21-23-25-27-29-30-31-32-33-34-35-36-37-38-39-41-43-45-47-49-51-53-55-57-59-61-63-69(77)74-66(65-81-73-72(80)71(79)70(78)68(64-75)82-73)67(76)62-60-58-56-54-52-50-48-46-44-42-40-28-26-24-22-20-18-16-14-12-10-8-6-4-2/h21,23,60,62,66-68,70-73,75-76,78-80H,3-20,22,24-59,61,63-65H2,1-2H3,(H,74,77)/b23-21-,62-60+. The Hall–Kier alpha value is -1.33. The molecule has 0 aliphatic carbocycles. The predicted molar refractivity (Wildman–Crippen MR) is 350 cm³/mol. The van der Waals surface area contributed by atoms with Gasteiger partial charge in [0, 0.05) is 6.42 Å². The third-order valence-corrected chi connectivity index (χ3v) is 17.8. The molecule has 9 heteroatoms. The van der Waals surface area contributed by atoms with E-state index >= 15 is 0 Å². The van der Waals surface area contributed by atoms with Crippen LogP contribution in [0.25, 0.3) is 0 Å². The number of carbonyl (C=O) groups is 1. The van der Waals surface area contributed by atoms with Gasteiger partial charge in [0.15, 0.2) is 6.29 Å². The van der Waals surface area contributed by atoms with E-state index in [1.165, 1.54) is 321 Å². The summed E-state index contributed by atoms with van der Waals surface area (Å²) >= 11 is 0. The second-order valence-corrected chi connectivity index (χ2v) is 25.7. The normalized spacial score (nSPS) is 18.4. The lowest BCUT2D eigenvalue weighted by Crippen LogP contribution is -2.60. The van der Waals surface area contributed by atoms with Crippen molar-refractivity contribution in [3.63, 3.8) is 0 Å². The Morgan fingerprint density at radius 1 is 0.402 bits per heavy atom. The third kappa shape index (κ3) is 50.8. The van der Waals surface area contributed by atoms with Crippen LogP contribution < -0.4 is 5.32 Å². The second kappa shape index (κ2) is 62.7. The van der Waals surface area contributed by atoms with Crippen LogP contribution in [0.1, 0.15) is 380 Å². The van der Waals surface area contributed by atoms with Gasteiger partial charge in [-0.2, -0.15) is 0 Å². The van der Waals surface area contributed by atoms with Gasteiger partial charge in [-0.15, -0.1) is 0 Å². The summed E-state index contributed by atoms with van der Waals surface area (Å²) in [5.41, 5.74) is 0. The molecule has 7 atom stereocenters. The zero-order valence-electron chi connectivity index (χ0n) is 54.5. The van der Waals surface area contributed by atoms with Crippen LogP contribution in [0, 0.1) is 0 Å². The van der Waals surface area contributed by atoms with E-state index in [4.69, 9.17) is 9.47 Å². The molecular weight excluding hydrogens is 1020 g/mol. The highest BCUT2D eigenvalue weighted by Gasteiger charge is 2.44. The summed E-state index contributed by atoms with van der Waals surface area (Å²) in [6.07, 6.45) is 75.9. The number of hydrogen-bond donors (Lipinski definition) is 6. The van der Waals surface area contributed by atoms with Gasteiger partial charge in [-0.05, 0) is 44.9 Å². The molecule has 7 unspecified atom stereocenters. The number of ether oxygens (including phenoxy) is 2. The Balaban J connectivity index is 2.08. The summed E-state index contributed by atoms with van der Waals surface area (Å²) in [6, 6.07) is -0.803. The summed E-state index contributed by atoms with van der Waals surface area (Å²) < 4.78 is 11.3. The topological polar surface area (TPSA) is 149 Å². The van der Waals surface area contributed by atoms with Crippen molar-refractivity contribution in [1.29, 1.82) is 0 Å². The van der Waals surface area contributed by atoms with E-state index in [-0.39, 0.29) is 12.5 Å². The van der Waals surface area contributed by atoms with Crippen LogP contribution in [-0.2, 0) is 14.3 Å². The summed E-state index contributed by atoms with van der Waals surface area (Å²) in [7, 11) is 0. The number of carbonyl (C=O) groups excluding carboxylic acids is 1. The lowest BCUT2D eigenvalue weighted by atomic mass is 9.99. The molecular formula is C73H141NO8. The molecule has 6 N–H and O–H groups in total. The molecule has 9 nitrogen and oxygen atoms in total. The van der Waals surface area contributed by atoms with Gasteiger partial charge in [-0.3, -0.25) is 4.79 Å². The van der Waals surface area contributed by atoms with Gasteiger partial charge in [-0.1, -0.05) is 353 Å². The van der Waals surface area contributed by atoms with Crippen molar-refractivity contribution in [2.75, 3.05) is 13.2 Å². The molecule has 1 aliphatic rings. The van der Waals surface area contributed by atoms with E-state index in [0.717, 1.165) is 38.5 Å². The molecule has 1 heterocycles. The number of unbranched alkanes of at least 4 members (excludes halogenated alkanes) is 53. The molecule has 1 fully saturated rings. The van der Waals surface area contributed by atoms with E-state index in [0.29, 0.717) is 6.42 Å². The smallest absolute Gasteiger partial charge is 0.220 e. The first kappa shape index (κ1) is 78.7. The minimum atomic E-state index is -1.57. The van der Waals surface area contributed by atoms with Crippen molar-refractivity contribution in [3.05, 3.63) is 24.3 Å². The Bertz CT molecular complexity index is 1340. The molecule has 1 rings (SSSR count). The maximum absolute atomic E-state index is 13.1. The van der Waals surface area contributed by atoms with Crippen LogP contribution in [0.2, 0.25) is 0 Å². The zero-order chi connectivity index (χ0) is 59.3. The van der Waals surface area contributed by atoms with E-state index in [1.54, 1.807) is 6.08 Å². The highest BCUT2D eigenvalue weighted by molar-refractivity contribution is 5.76. The first-order valence-electron chi connectivity index (χ1n) is 36.6. The highest BCUT2D eigenvalue weighted by Crippen LogP contribution is 2.24. The van der Waals surface area contributed by atoms with E-state index in [1.807, 2.05) is 6.08 Å². The van der Waals surface area contributed by atoms with Crippen LogP contribution in [0.4, 0.5) is 0 Å². The predicted octanol–water partition coefficient (Wildman–Crippen LogP) is 20.0. The van der Waals surface area contributed by atoms with Crippen LogP contribution in [-0.4, -0.2) is 87.5 Å². The summed E-state index contributed by atoms with van der Waals surface area (Å²) in [5, 5.41) is 54.8. The molecule has 0 saturated carbocycles. The van der Waals surface area contributed by atoms with Crippen molar-refractivity contribution < 1.29 is 39.8 Å². The fraction of sp³-hybridized carbons (Fsp3) is 0.932. The average molecular weight is 1160 g/mol. The van der Waals surface area contributed by atoms with Gasteiger partial charge in [-0.25, -0.2) is 0 Å². The Morgan fingerprint density at radius 3 is 0.988 bits per heavy atom. The van der Waals surface area contributed by atoms with Gasteiger partial charge < -0.3 is 40.3 Å². The minimum absolute atomic E-state index is 0.168. The molecule has 0 aromatic carbocycles. The van der Waals surface area contributed by atoms with Gasteiger partial charge >= 0.3 is 0 Å². The minimum Gasteiger partial charge on any atom is -0.394 e. The molecule has 0 radical (unpaired) electrons. The lowest BCUT2D eigenvalue weighted by Gasteiger charge is -2.40. The molecule has 0 aromatic rings. The van der Waals surface area contributed by atoms with Crippen LogP contribution in [0.15, 0.2) is 24.3 Å².